The zero-order chi connectivity index (χ0) is 18.5. The third-order valence-electron chi connectivity index (χ3n) is 3.42. The molecule has 132 valence electrons. The first kappa shape index (κ1) is 21.5. The van der Waals surface area contributed by atoms with Gasteiger partial charge in [-0.25, -0.2) is 9.59 Å². The molecule has 0 aromatic heterocycles. The molecule has 27 heavy (non-hydrogen) atoms. The van der Waals surface area contributed by atoms with Gasteiger partial charge in [0.15, 0.2) is 0 Å². The number of carbonyl (C=O) groups excluding carboxylic acids is 2. The van der Waals surface area contributed by atoms with Gasteiger partial charge in [0.25, 0.3) is 0 Å². The SMILES string of the molecule is O=C(Oc1ccc(Cl)cc1)c1ccccc1C(=O)Oc1ccc(Cl)cc1.[H-].[Na+]. The third-order valence-corrected chi connectivity index (χ3v) is 3.92. The Kier molecular flexibility index (Phi) is 7.90. The fourth-order valence-electron chi connectivity index (χ4n) is 2.17. The van der Waals surface area contributed by atoms with E-state index in [4.69, 9.17) is 32.7 Å². The zero-order valence-electron chi connectivity index (χ0n) is 15.3. The first-order chi connectivity index (χ1) is 12.5. The largest absolute Gasteiger partial charge is 1.00 e. The minimum Gasteiger partial charge on any atom is -1.00 e. The number of hydrogen-bond donors (Lipinski definition) is 0. The number of rotatable bonds is 4. The average molecular weight is 411 g/mol. The number of halogens is 2. The number of carbonyl (C=O) groups is 2. The average Bonchev–Trinajstić information content (AvgIpc) is 2.65. The molecule has 3 rings (SSSR count). The summed E-state index contributed by atoms with van der Waals surface area (Å²) in [5.41, 5.74) is 0.197. The van der Waals surface area contributed by atoms with Crippen LogP contribution in [0.15, 0.2) is 72.8 Å². The second kappa shape index (κ2) is 9.93. The van der Waals surface area contributed by atoms with Crippen LogP contribution in [0, 0.1) is 0 Å². The van der Waals surface area contributed by atoms with Gasteiger partial charge in [-0.1, -0.05) is 35.3 Å². The Labute approximate surface area is 189 Å². The Morgan fingerprint density at radius 3 is 1.30 bits per heavy atom. The van der Waals surface area contributed by atoms with Crippen molar-refractivity contribution in [1.29, 1.82) is 0 Å². The summed E-state index contributed by atoms with van der Waals surface area (Å²) in [6, 6.07) is 18.9. The van der Waals surface area contributed by atoms with E-state index in [1.807, 2.05) is 0 Å². The monoisotopic (exact) mass is 410 g/mol. The van der Waals surface area contributed by atoms with Crippen LogP contribution in [0.1, 0.15) is 22.1 Å². The van der Waals surface area contributed by atoms with Crippen molar-refractivity contribution in [3.63, 3.8) is 0 Å². The van der Waals surface area contributed by atoms with Crippen LogP contribution in [0.2, 0.25) is 10.0 Å². The second-order valence-electron chi connectivity index (χ2n) is 5.23. The molecule has 3 aromatic rings. The van der Waals surface area contributed by atoms with Crippen molar-refractivity contribution in [3.05, 3.63) is 94.0 Å². The number of benzene rings is 3. The van der Waals surface area contributed by atoms with E-state index in [-0.39, 0.29) is 42.1 Å². The molecular formula is C20H13Cl2NaO4. The maximum Gasteiger partial charge on any atom is 1.00 e. The van der Waals surface area contributed by atoms with Crippen molar-refractivity contribution in [2.45, 2.75) is 0 Å². The van der Waals surface area contributed by atoms with E-state index < -0.39 is 11.9 Å². The molecule has 0 bridgehead atoms. The van der Waals surface area contributed by atoms with Crippen molar-refractivity contribution >= 4 is 35.1 Å². The molecule has 0 radical (unpaired) electrons. The molecule has 3 aromatic carbocycles. The quantitative estimate of drug-likeness (QED) is 0.376. The van der Waals surface area contributed by atoms with Gasteiger partial charge in [-0.15, -0.1) is 0 Å². The molecule has 0 unspecified atom stereocenters. The van der Waals surface area contributed by atoms with Crippen LogP contribution in [0.4, 0.5) is 0 Å². The Morgan fingerprint density at radius 1 is 0.630 bits per heavy atom. The summed E-state index contributed by atoms with van der Waals surface area (Å²) in [6.45, 7) is 0. The van der Waals surface area contributed by atoms with Gasteiger partial charge in [-0.2, -0.15) is 0 Å². The third kappa shape index (κ3) is 5.83. The Balaban J connectivity index is 0.00000196. The smallest absolute Gasteiger partial charge is 1.00 e. The first-order valence-corrected chi connectivity index (χ1v) is 8.33. The predicted octanol–water partition coefficient (Wildman–Crippen LogP) is 2.55. The van der Waals surface area contributed by atoms with Crippen LogP contribution in [-0.2, 0) is 0 Å². The van der Waals surface area contributed by atoms with Crippen molar-refractivity contribution in [1.82, 2.24) is 0 Å². The summed E-state index contributed by atoms with van der Waals surface area (Å²) in [4.78, 5) is 24.9. The fraction of sp³-hybridized carbons (Fsp3) is 0. The molecule has 4 nitrogen and oxygen atoms in total. The minimum absolute atomic E-state index is 0. The van der Waals surface area contributed by atoms with Gasteiger partial charge in [0.2, 0.25) is 0 Å². The Morgan fingerprint density at radius 2 is 0.963 bits per heavy atom. The van der Waals surface area contributed by atoms with Crippen LogP contribution in [0.25, 0.3) is 0 Å². The summed E-state index contributed by atoms with van der Waals surface area (Å²) in [6.07, 6.45) is 0. The summed E-state index contributed by atoms with van der Waals surface area (Å²) in [5, 5.41) is 1.05. The van der Waals surface area contributed by atoms with Gasteiger partial charge in [-0.3, -0.25) is 0 Å². The van der Waals surface area contributed by atoms with Crippen molar-refractivity contribution in [3.8, 4) is 11.5 Å². The van der Waals surface area contributed by atoms with Gasteiger partial charge in [0, 0.05) is 10.0 Å². The molecule has 0 saturated heterocycles. The van der Waals surface area contributed by atoms with Crippen LogP contribution in [0.3, 0.4) is 0 Å². The van der Waals surface area contributed by atoms with Gasteiger partial charge in [-0.05, 0) is 60.7 Å². The van der Waals surface area contributed by atoms with Crippen LogP contribution < -0.4 is 39.0 Å². The van der Waals surface area contributed by atoms with Crippen LogP contribution in [-0.4, -0.2) is 11.9 Å². The van der Waals surface area contributed by atoms with Gasteiger partial charge in [0.05, 0.1) is 11.1 Å². The number of esters is 2. The molecule has 7 heteroatoms. The normalized spacial score (nSPS) is 9.85. The standard InChI is InChI=1S/C20H12Cl2O4.Na.H/c21-13-5-9-15(10-6-13)25-19(23)17-3-1-2-4-18(17)20(24)26-16-11-7-14(22)8-12-16;;/h1-12H;;/q;+1;-1. The maximum atomic E-state index is 12.4. The van der Waals surface area contributed by atoms with Crippen molar-refractivity contribution in [2.24, 2.45) is 0 Å². The van der Waals surface area contributed by atoms with Crippen molar-refractivity contribution in [2.75, 3.05) is 0 Å². The molecule has 0 fully saturated rings. The topological polar surface area (TPSA) is 52.6 Å². The molecule has 0 heterocycles. The van der Waals surface area contributed by atoms with Gasteiger partial charge < -0.3 is 10.9 Å². The second-order valence-corrected chi connectivity index (χ2v) is 6.11. The molecular weight excluding hydrogens is 398 g/mol. The fourth-order valence-corrected chi connectivity index (χ4v) is 2.42. The van der Waals surface area contributed by atoms with E-state index in [1.165, 1.54) is 12.1 Å². The van der Waals surface area contributed by atoms with E-state index in [2.05, 4.69) is 0 Å². The van der Waals surface area contributed by atoms with E-state index in [0.29, 0.717) is 21.5 Å². The molecule has 0 N–H and O–H groups in total. The molecule has 0 saturated carbocycles. The molecule has 0 aliphatic carbocycles. The predicted molar refractivity (Wildman–Crippen MR) is 100 cm³/mol. The molecule has 0 aliphatic rings. The van der Waals surface area contributed by atoms with E-state index >= 15 is 0 Å². The minimum atomic E-state index is -0.670. The maximum absolute atomic E-state index is 12.4. The van der Waals surface area contributed by atoms with Gasteiger partial charge >= 0.3 is 41.5 Å². The number of ether oxygens (including phenoxy) is 2. The summed E-state index contributed by atoms with van der Waals surface area (Å²) in [7, 11) is 0. The van der Waals surface area contributed by atoms with E-state index in [9.17, 15) is 9.59 Å². The zero-order valence-corrected chi connectivity index (χ0v) is 17.8. The summed E-state index contributed by atoms with van der Waals surface area (Å²) in [5.74, 6) is -0.701. The first-order valence-electron chi connectivity index (χ1n) is 7.57. The van der Waals surface area contributed by atoms with E-state index in [1.54, 1.807) is 60.7 Å². The molecule has 0 aliphatic heterocycles. The molecule has 0 amide bonds. The molecule has 0 atom stereocenters. The Bertz CT molecular complexity index is 869. The summed E-state index contributed by atoms with van der Waals surface area (Å²) >= 11 is 11.6. The Hall–Kier alpha value is -1.82. The molecule has 0 spiro atoms. The number of hydrogen-bond acceptors (Lipinski definition) is 4. The van der Waals surface area contributed by atoms with Crippen LogP contribution in [0.5, 0.6) is 11.5 Å². The van der Waals surface area contributed by atoms with Crippen LogP contribution >= 0.6 is 23.2 Å². The van der Waals surface area contributed by atoms with E-state index in [0.717, 1.165) is 0 Å². The van der Waals surface area contributed by atoms with Gasteiger partial charge in [0.1, 0.15) is 11.5 Å². The summed E-state index contributed by atoms with van der Waals surface area (Å²) < 4.78 is 10.6. The van der Waals surface area contributed by atoms with Crippen molar-refractivity contribution < 1.29 is 50.0 Å².